The first-order valence-electron chi connectivity index (χ1n) is 6.42. The molecule has 0 atom stereocenters. The van der Waals surface area contributed by atoms with E-state index in [0.29, 0.717) is 18.5 Å². The zero-order chi connectivity index (χ0) is 14.5. The molecule has 0 aliphatic carbocycles. The summed E-state index contributed by atoms with van der Waals surface area (Å²) in [5, 5.41) is 13.8. The van der Waals surface area contributed by atoms with E-state index in [0.717, 1.165) is 11.4 Å². The van der Waals surface area contributed by atoms with Gasteiger partial charge in [0.1, 0.15) is 6.33 Å². The number of nitrogens with one attached hydrogen (secondary N) is 2. The van der Waals surface area contributed by atoms with Crippen LogP contribution in [0.5, 0.6) is 0 Å². The van der Waals surface area contributed by atoms with Crippen molar-refractivity contribution in [2.24, 2.45) is 0 Å². The number of hydrogen-bond acceptors (Lipinski definition) is 5. The van der Waals surface area contributed by atoms with Crippen LogP contribution < -0.4 is 5.32 Å². The normalized spacial score (nSPS) is 10.5. The molecule has 3 rings (SSSR count). The molecule has 0 fully saturated rings. The first kappa shape index (κ1) is 13.0. The van der Waals surface area contributed by atoms with Crippen molar-refractivity contribution in [3.05, 3.63) is 54.4 Å². The van der Waals surface area contributed by atoms with Gasteiger partial charge in [0.25, 0.3) is 5.91 Å². The molecule has 0 radical (unpaired) electrons. The Morgan fingerprint density at radius 3 is 2.81 bits per heavy atom. The lowest BCUT2D eigenvalue weighted by Crippen LogP contribution is -2.25. The number of aromatic nitrogens is 6. The number of tetrazole rings is 1. The van der Waals surface area contributed by atoms with E-state index in [-0.39, 0.29) is 5.91 Å². The van der Waals surface area contributed by atoms with Crippen molar-refractivity contribution in [1.29, 1.82) is 0 Å². The molecule has 0 saturated heterocycles. The van der Waals surface area contributed by atoms with E-state index in [9.17, 15) is 4.79 Å². The molecule has 8 heteroatoms. The topological polar surface area (TPSA) is 101 Å². The summed E-state index contributed by atoms with van der Waals surface area (Å²) in [5.74, 6) is -0.113. The maximum absolute atomic E-state index is 12.0. The van der Waals surface area contributed by atoms with Gasteiger partial charge in [-0.05, 0) is 34.7 Å². The number of nitrogens with zero attached hydrogens (tertiary/aromatic N) is 5. The minimum atomic E-state index is -0.113. The molecule has 2 heterocycles. The second-order valence-electron chi connectivity index (χ2n) is 4.38. The molecule has 0 unspecified atom stereocenters. The fraction of sp³-hybridized carbons (Fsp3) is 0.154. The number of amides is 1. The summed E-state index contributed by atoms with van der Waals surface area (Å²) in [7, 11) is 0. The lowest BCUT2D eigenvalue weighted by molar-refractivity contribution is 0.0954. The number of imidazole rings is 1. The molecule has 1 amide bonds. The fourth-order valence-electron chi connectivity index (χ4n) is 1.88. The highest BCUT2D eigenvalue weighted by Crippen LogP contribution is 2.07. The molecule has 8 nitrogen and oxygen atoms in total. The molecule has 1 aromatic carbocycles. The van der Waals surface area contributed by atoms with Crippen molar-refractivity contribution >= 4 is 5.91 Å². The third-order valence-corrected chi connectivity index (χ3v) is 2.98. The minimum absolute atomic E-state index is 0.113. The van der Waals surface area contributed by atoms with Gasteiger partial charge in [-0.25, -0.2) is 9.67 Å². The van der Waals surface area contributed by atoms with E-state index in [1.807, 2.05) is 0 Å². The van der Waals surface area contributed by atoms with Crippen molar-refractivity contribution in [1.82, 2.24) is 35.5 Å². The van der Waals surface area contributed by atoms with Gasteiger partial charge in [0.2, 0.25) is 0 Å². The molecule has 3 aromatic rings. The van der Waals surface area contributed by atoms with Gasteiger partial charge in [0.05, 0.1) is 12.0 Å². The van der Waals surface area contributed by atoms with Gasteiger partial charge in [-0.1, -0.05) is 0 Å². The second-order valence-corrected chi connectivity index (χ2v) is 4.38. The van der Waals surface area contributed by atoms with E-state index >= 15 is 0 Å². The maximum atomic E-state index is 12.0. The molecule has 2 aromatic heterocycles. The number of benzene rings is 1. The van der Waals surface area contributed by atoms with Gasteiger partial charge in [-0.3, -0.25) is 4.79 Å². The smallest absolute Gasteiger partial charge is 0.251 e. The maximum Gasteiger partial charge on any atom is 0.251 e. The van der Waals surface area contributed by atoms with Gasteiger partial charge in [0, 0.05) is 30.4 Å². The monoisotopic (exact) mass is 283 g/mol. The predicted octanol–water partition coefficient (Wildman–Crippen LogP) is 0.358. The Balaban J connectivity index is 1.57. The molecule has 0 saturated carbocycles. The van der Waals surface area contributed by atoms with E-state index in [1.165, 1.54) is 11.0 Å². The highest BCUT2D eigenvalue weighted by Gasteiger charge is 2.06. The van der Waals surface area contributed by atoms with Crippen LogP contribution in [-0.2, 0) is 6.42 Å². The van der Waals surface area contributed by atoms with Gasteiger partial charge >= 0.3 is 0 Å². The van der Waals surface area contributed by atoms with E-state index in [1.54, 1.807) is 36.8 Å². The van der Waals surface area contributed by atoms with Gasteiger partial charge in [0.15, 0.2) is 0 Å². The molecular weight excluding hydrogens is 270 g/mol. The minimum Gasteiger partial charge on any atom is -0.352 e. The standard InChI is InChI=1S/C13H13N7O/c21-13(15-6-5-11-7-14-8-16-11)10-1-3-12(4-2-10)20-9-17-18-19-20/h1-4,7-9H,5-6H2,(H,14,16)(H,15,21). The largest absolute Gasteiger partial charge is 0.352 e. The number of H-pyrrole nitrogens is 1. The van der Waals surface area contributed by atoms with Crippen molar-refractivity contribution < 1.29 is 4.79 Å². The van der Waals surface area contributed by atoms with Crippen LogP contribution in [0.3, 0.4) is 0 Å². The quantitative estimate of drug-likeness (QED) is 0.704. The molecule has 2 N–H and O–H groups in total. The Morgan fingerprint density at radius 2 is 2.14 bits per heavy atom. The van der Waals surface area contributed by atoms with Crippen LogP contribution in [0.2, 0.25) is 0 Å². The van der Waals surface area contributed by atoms with Gasteiger partial charge in [-0.2, -0.15) is 0 Å². The van der Waals surface area contributed by atoms with Crippen LogP contribution in [0.25, 0.3) is 5.69 Å². The van der Waals surface area contributed by atoms with Gasteiger partial charge in [-0.15, -0.1) is 5.10 Å². The zero-order valence-corrected chi connectivity index (χ0v) is 11.1. The summed E-state index contributed by atoms with van der Waals surface area (Å²) in [6.07, 6.45) is 5.58. The Kier molecular flexibility index (Phi) is 3.68. The Labute approximate surface area is 120 Å². The Morgan fingerprint density at radius 1 is 1.29 bits per heavy atom. The molecule has 0 bridgehead atoms. The number of aromatic amines is 1. The van der Waals surface area contributed by atoms with Crippen LogP contribution in [0.1, 0.15) is 16.1 Å². The average Bonchev–Trinajstić information content (AvgIpc) is 3.21. The lowest BCUT2D eigenvalue weighted by Gasteiger charge is -2.05. The SMILES string of the molecule is O=C(NCCc1cnc[nH]1)c1ccc(-n2cnnn2)cc1. The van der Waals surface area contributed by atoms with Crippen molar-refractivity contribution in [2.75, 3.05) is 6.54 Å². The number of hydrogen-bond donors (Lipinski definition) is 2. The Bertz CT molecular complexity index is 689. The fourth-order valence-corrected chi connectivity index (χ4v) is 1.88. The summed E-state index contributed by atoms with van der Waals surface area (Å²) in [6, 6.07) is 7.06. The second kappa shape index (κ2) is 5.95. The average molecular weight is 283 g/mol. The number of carbonyl (C=O) groups is 1. The first-order valence-corrected chi connectivity index (χ1v) is 6.42. The number of rotatable bonds is 5. The van der Waals surface area contributed by atoms with E-state index < -0.39 is 0 Å². The van der Waals surface area contributed by atoms with Crippen molar-refractivity contribution in [2.45, 2.75) is 6.42 Å². The molecule has 106 valence electrons. The van der Waals surface area contributed by atoms with Crippen LogP contribution in [-0.4, -0.2) is 42.6 Å². The third-order valence-electron chi connectivity index (χ3n) is 2.98. The first-order chi connectivity index (χ1) is 10.3. The van der Waals surface area contributed by atoms with Gasteiger partial charge < -0.3 is 10.3 Å². The lowest BCUT2D eigenvalue weighted by atomic mass is 10.2. The number of carbonyl (C=O) groups excluding carboxylic acids is 1. The Hall–Kier alpha value is -3.03. The summed E-state index contributed by atoms with van der Waals surface area (Å²) in [5.41, 5.74) is 2.38. The summed E-state index contributed by atoms with van der Waals surface area (Å²) < 4.78 is 1.53. The predicted molar refractivity (Wildman–Crippen MR) is 73.8 cm³/mol. The van der Waals surface area contributed by atoms with Crippen LogP contribution in [0, 0.1) is 0 Å². The molecule has 0 aliphatic rings. The summed E-state index contributed by atoms with van der Waals surface area (Å²) in [6.45, 7) is 0.551. The van der Waals surface area contributed by atoms with Crippen LogP contribution >= 0.6 is 0 Å². The van der Waals surface area contributed by atoms with E-state index in [2.05, 4.69) is 30.8 Å². The zero-order valence-electron chi connectivity index (χ0n) is 11.1. The van der Waals surface area contributed by atoms with Crippen LogP contribution in [0.15, 0.2) is 43.1 Å². The third kappa shape index (κ3) is 3.11. The summed E-state index contributed by atoms with van der Waals surface area (Å²) >= 11 is 0. The molecule has 0 spiro atoms. The van der Waals surface area contributed by atoms with Crippen molar-refractivity contribution in [3.63, 3.8) is 0 Å². The van der Waals surface area contributed by atoms with Crippen LogP contribution in [0.4, 0.5) is 0 Å². The molecule has 21 heavy (non-hydrogen) atoms. The molecule has 0 aliphatic heterocycles. The highest BCUT2D eigenvalue weighted by molar-refractivity contribution is 5.94. The van der Waals surface area contributed by atoms with E-state index in [4.69, 9.17) is 0 Å². The summed E-state index contributed by atoms with van der Waals surface area (Å²) in [4.78, 5) is 18.9. The van der Waals surface area contributed by atoms with Crippen molar-refractivity contribution in [3.8, 4) is 5.69 Å². The molecular formula is C13H13N7O. The highest BCUT2D eigenvalue weighted by atomic mass is 16.1.